The molecule has 1 amide bonds. The molecule has 1 heterocycles. The predicted octanol–water partition coefficient (Wildman–Crippen LogP) is 5.56. The molecule has 4 heteroatoms. The number of hydrogen-bond donors (Lipinski definition) is 1. The van der Waals surface area contributed by atoms with Crippen molar-refractivity contribution in [2.45, 2.75) is 58.3 Å². The Hall–Kier alpha value is -2.88. The molecule has 0 spiro atoms. The molecule has 1 fully saturated rings. The van der Waals surface area contributed by atoms with Crippen molar-refractivity contribution in [1.29, 1.82) is 0 Å². The van der Waals surface area contributed by atoms with Gasteiger partial charge in [-0.1, -0.05) is 69.2 Å². The standard InChI is InChI=1S/C26H31NO3/c1-4-5-6-7-8-19-9-11-20(12-10-19)23-14-13-21(22-16-25(28)27-17-22)15-24(23)30-26(29)18(2)3/h9-15,22H,2,4-8,16-17H2,1,3H3,(H,27,28). The molecule has 158 valence electrons. The van der Waals surface area contributed by atoms with Crippen LogP contribution < -0.4 is 10.1 Å². The molecule has 0 bridgehead atoms. The largest absolute Gasteiger partial charge is 0.423 e. The van der Waals surface area contributed by atoms with Crippen LogP contribution in [0, 0.1) is 0 Å². The number of esters is 1. The summed E-state index contributed by atoms with van der Waals surface area (Å²) in [5.41, 5.74) is 4.54. The summed E-state index contributed by atoms with van der Waals surface area (Å²) in [5.74, 6) is 0.218. The van der Waals surface area contributed by atoms with Gasteiger partial charge in [0.25, 0.3) is 0 Å². The lowest BCUT2D eigenvalue weighted by atomic mass is 9.94. The van der Waals surface area contributed by atoms with Crippen molar-refractivity contribution in [3.05, 3.63) is 65.7 Å². The number of ether oxygens (including phenoxy) is 1. The Labute approximate surface area is 179 Å². The first kappa shape index (κ1) is 21.8. The van der Waals surface area contributed by atoms with Gasteiger partial charge in [0.05, 0.1) is 0 Å². The van der Waals surface area contributed by atoms with Crippen LogP contribution in [0.4, 0.5) is 0 Å². The van der Waals surface area contributed by atoms with E-state index in [-0.39, 0.29) is 11.8 Å². The van der Waals surface area contributed by atoms with Gasteiger partial charge < -0.3 is 10.1 Å². The molecule has 3 rings (SSSR count). The summed E-state index contributed by atoms with van der Waals surface area (Å²) in [4.78, 5) is 23.8. The molecule has 0 aromatic heterocycles. The Morgan fingerprint density at radius 2 is 1.90 bits per heavy atom. The van der Waals surface area contributed by atoms with Crippen LogP contribution in [-0.4, -0.2) is 18.4 Å². The number of aryl methyl sites for hydroxylation is 1. The van der Waals surface area contributed by atoms with Gasteiger partial charge in [-0.2, -0.15) is 0 Å². The number of nitrogens with one attached hydrogen (secondary N) is 1. The maximum atomic E-state index is 12.2. The van der Waals surface area contributed by atoms with E-state index < -0.39 is 5.97 Å². The number of carbonyl (C=O) groups is 2. The van der Waals surface area contributed by atoms with Crippen molar-refractivity contribution in [3.63, 3.8) is 0 Å². The van der Waals surface area contributed by atoms with Gasteiger partial charge in [-0.3, -0.25) is 4.79 Å². The van der Waals surface area contributed by atoms with E-state index in [0.29, 0.717) is 24.3 Å². The number of rotatable bonds is 9. The first-order valence-electron chi connectivity index (χ1n) is 10.9. The molecule has 0 radical (unpaired) electrons. The Morgan fingerprint density at radius 1 is 1.13 bits per heavy atom. The first-order valence-corrected chi connectivity index (χ1v) is 10.9. The van der Waals surface area contributed by atoms with Crippen LogP contribution in [0.2, 0.25) is 0 Å². The molecule has 0 aliphatic carbocycles. The Morgan fingerprint density at radius 3 is 2.53 bits per heavy atom. The number of unbranched alkanes of at least 4 members (excludes halogenated alkanes) is 3. The second-order valence-electron chi connectivity index (χ2n) is 8.14. The molecule has 30 heavy (non-hydrogen) atoms. The first-order chi connectivity index (χ1) is 14.5. The van der Waals surface area contributed by atoms with Gasteiger partial charge in [0.15, 0.2) is 0 Å². The monoisotopic (exact) mass is 405 g/mol. The van der Waals surface area contributed by atoms with Crippen molar-refractivity contribution < 1.29 is 14.3 Å². The molecule has 1 N–H and O–H groups in total. The highest BCUT2D eigenvalue weighted by molar-refractivity contribution is 5.90. The molecule has 1 saturated heterocycles. The fraction of sp³-hybridized carbons (Fsp3) is 0.385. The number of benzene rings is 2. The molecule has 1 aliphatic rings. The Balaban J connectivity index is 1.84. The van der Waals surface area contributed by atoms with Gasteiger partial charge >= 0.3 is 5.97 Å². The lowest BCUT2D eigenvalue weighted by molar-refractivity contribution is -0.130. The van der Waals surface area contributed by atoms with Gasteiger partial charge in [0.2, 0.25) is 5.91 Å². The van der Waals surface area contributed by atoms with Crippen molar-refractivity contribution >= 4 is 11.9 Å². The normalized spacial score (nSPS) is 15.7. The van der Waals surface area contributed by atoms with Crippen LogP contribution >= 0.6 is 0 Å². The summed E-state index contributed by atoms with van der Waals surface area (Å²) in [5, 5.41) is 2.86. The highest BCUT2D eigenvalue weighted by Gasteiger charge is 2.24. The topological polar surface area (TPSA) is 55.4 Å². The molecule has 1 aliphatic heterocycles. The zero-order chi connectivity index (χ0) is 21.5. The number of carbonyl (C=O) groups excluding carboxylic acids is 2. The molecular formula is C26H31NO3. The third-order valence-corrected chi connectivity index (χ3v) is 5.59. The molecule has 2 aromatic rings. The SMILES string of the molecule is C=C(C)C(=O)Oc1cc(C2CNC(=O)C2)ccc1-c1ccc(CCCCCC)cc1. The lowest BCUT2D eigenvalue weighted by Gasteiger charge is -2.15. The van der Waals surface area contributed by atoms with Crippen LogP contribution in [-0.2, 0) is 16.0 Å². The third kappa shape index (κ3) is 5.59. The Kier molecular flexibility index (Phi) is 7.45. The highest BCUT2D eigenvalue weighted by Crippen LogP contribution is 2.35. The van der Waals surface area contributed by atoms with Crippen molar-refractivity contribution in [2.75, 3.05) is 6.54 Å². The van der Waals surface area contributed by atoms with E-state index in [9.17, 15) is 9.59 Å². The second-order valence-corrected chi connectivity index (χ2v) is 8.14. The minimum absolute atomic E-state index is 0.0547. The molecule has 0 saturated carbocycles. The van der Waals surface area contributed by atoms with Gasteiger partial charge in [-0.25, -0.2) is 4.79 Å². The summed E-state index contributed by atoms with van der Waals surface area (Å²) in [6.07, 6.45) is 6.53. The average molecular weight is 406 g/mol. The fourth-order valence-electron chi connectivity index (χ4n) is 3.75. The summed E-state index contributed by atoms with van der Waals surface area (Å²) in [7, 11) is 0. The van der Waals surface area contributed by atoms with E-state index in [1.54, 1.807) is 6.92 Å². The summed E-state index contributed by atoms with van der Waals surface area (Å²) in [6, 6.07) is 14.4. The number of amides is 1. The van der Waals surface area contributed by atoms with Crippen LogP contribution in [0.5, 0.6) is 5.75 Å². The maximum Gasteiger partial charge on any atom is 0.338 e. The summed E-state index contributed by atoms with van der Waals surface area (Å²) < 4.78 is 5.67. The Bertz CT molecular complexity index is 914. The van der Waals surface area contributed by atoms with E-state index in [1.807, 2.05) is 18.2 Å². The van der Waals surface area contributed by atoms with Crippen LogP contribution in [0.3, 0.4) is 0 Å². The zero-order valence-corrected chi connectivity index (χ0v) is 18.0. The molecule has 2 aromatic carbocycles. The van der Waals surface area contributed by atoms with E-state index in [1.165, 1.54) is 31.2 Å². The maximum absolute atomic E-state index is 12.2. The van der Waals surface area contributed by atoms with E-state index in [0.717, 1.165) is 23.1 Å². The van der Waals surface area contributed by atoms with Gasteiger partial charge in [0, 0.05) is 30.0 Å². The number of hydrogen-bond acceptors (Lipinski definition) is 3. The quantitative estimate of drug-likeness (QED) is 0.257. The minimum Gasteiger partial charge on any atom is -0.423 e. The average Bonchev–Trinajstić information content (AvgIpc) is 3.18. The third-order valence-electron chi connectivity index (χ3n) is 5.59. The van der Waals surface area contributed by atoms with Crippen LogP contribution in [0.1, 0.15) is 63.0 Å². The lowest BCUT2D eigenvalue weighted by Crippen LogP contribution is -2.13. The minimum atomic E-state index is -0.443. The molecule has 1 unspecified atom stereocenters. The van der Waals surface area contributed by atoms with Gasteiger partial charge in [0.1, 0.15) is 5.75 Å². The van der Waals surface area contributed by atoms with E-state index in [2.05, 4.69) is 43.1 Å². The van der Waals surface area contributed by atoms with Gasteiger partial charge in [-0.15, -0.1) is 0 Å². The van der Waals surface area contributed by atoms with Gasteiger partial charge in [-0.05, 0) is 42.5 Å². The molecular weight excluding hydrogens is 374 g/mol. The van der Waals surface area contributed by atoms with Crippen molar-refractivity contribution in [3.8, 4) is 16.9 Å². The highest BCUT2D eigenvalue weighted by atomic mass is 16.5. The van der Waals surface area contributed by atoms with Crippen LogP contribution in [0.15, 0.2) is 54.6 Å². The fourth-order valence-corrected chi connectivity index (χ4v) is 3.75. The summed E-state index contributed by atoms with van der Waals surface area (Å²) >= 11 is 0. The van der Waals surface area contributed by atoms with Crippen molar-refractivity contribution in [1.82, 2.24) is 5.32 Å². The molecule has 4 nitrogen and oxygen atoms in total. The second kappa shape index (κ2) is 10.2. The zero-order valence-electron chi connectivity index (χ0n) is 18.0. The predicted molar refractivity (Wildman–Crippen MR) is 121 cm³/mol. The van der Waals surface area contributed by atoms with Crippen molar-refractivity contribution in [2.24, 2.45) is 0 Å². The van der Waals surface area contributed by atoms with Crippen LogP contribution in [0.25, 0.3) is 11.1 Å². The van der Waals surface area contributed by atoms with E-state index >= 15 is 0 Å². The van der Waals surface area contributed by atoms with E-state index in [4.69, 9.17) is 4.74 Å². The smallest absolute Gasteiger partial charge is 0.338 e. The molecule has 1 atom stereocenters. The summed E-state index contributed by atoms with van der Waals surface area (Å²) in [6.45, 7) is 8.16.